The first-order valence-corrected chi connectivity index (χ1v) is 17.2. The van der Waals surface area contributed by atoms with Gasteiger partial charge in [-0.25, -0.2) is 0 Å². The Morgan fingerprint density at radius 1 is 0.673 bits per heavy atom. The number of nitrogens with zero attached hydrogens (tertiary/aromatic N) is 2. The molecule has 0 saturated carbocycles. The summed E-state index contributed by atoms with van der Waals surface area (Å²) < 4.78 is 2.32. The van der Waals surface area contributed by atoms with Crippen molar-refractivity contribution in [3.8, 4) is 11.4 Å². The van der Waals surface area contributed by atoms with Crippen LogP contribution in [-0.4, -0.2) is 20.3 Å². The zero-order chi connectivity index (χ0) is 33.6. The molecular weight excluding hydrogens is 781 g/mol. The van der Waals surface area contributed by atoms with E-state index in [1.54, 1.807) is 0 Å². The number of fused-ring (bicyclic) bond motifs is 7. The number of para-hydroxylation sites is 2. The van der Waals surface area contributed by atoms with Crippen molar-refractivity contribution < 1.29 is 30.0 Å². The molecule has 49 heavy (non-hydrogen) atoms. The molecule has 0 aliphatic heterocycles. The third-order valence-corrected chi connectivity index (χ3v) is 9.58. The summed E-state index contributed by atoms with van der Waals surface area (Å²) in [5.74, 6) is 1.45. The monoisotopic (exact) mass is 824 g/mol. The first-order chi connectivity index (χ1) is 23.5. The van der Waals surface area contributed by atoms with Gasteiger partial charge in [-0.1, -0.05) is 107 Å². The fourth-order valence-corrected chi connectivity index (χ4v) is 6.87. The molecule has 4 nitrogen and oxygen atoms in total. The molecule has 7 rings (SSSR count). The van der Waals surface area contributed by atoms with Crippen LogP contribution in [0.25, 0.3) is 60.3 Å². The average Bonchev–Trinajstić information content (AvgIpc) is 3.54. The second kappa shape index (κ2) is 16.2. The standard InChI is InChI=1S/C31H19N2.C13H24O2.Ir/c1-2-11-21(12-3-1)31-32-28-19-10-18-27-25-16-7-5-14-23(25)22-13-4-6-15-24(22)26-17-8-9-20-29(26)33(31)30(27)28;1-5-10(6-2)12(14)9-13(15)11(7-3)8-4;/h1-11,13-20H;9-11,14H,5-8H2,1-4H3;/q-1;;/b;12-9-;. The Bertz CT molecular complexity index is 2280. The molecule has 0 saturated heterocycles. The molecule has 1 radical (unpaired) electrons. The number of hydrogen-bond donors (Lipinski definition) is 1. The maximum Gasteiger partial charge on any atom is 0.162 e. The van der Waals surface area contributed by atoms with Crippen LogP contribution in [0.3, 0.4) is 0 Å². The van der Waals surface area contributed by atoms with Crippen molar-refractivity contribution >= 4 is 54.7 Å². The molecule has 5 aromatic carbocycles. The number of aromatic nitrogens is 2. The summed E-state index contributed by atoms with van der Waals surface area (Å²) in [4.78, 5) is 16.8. The van der Waals surface area contributed by atoms with E-state index in [0.29, 0.717) is 0 Å². The number of carbonyl (C=O) groups excluding carboxylic acids is 1. The smallest absolute Gasteiger partial charge is 0.162 e. The van der Waals surface area contributed by atoms with Crippen LogP contribution in [0.1, 0.15) is 53.4 Å². The second-order valence-electron chi connectivity index (χ2n) is 12.3. The van der Waals surface area contributed by atoms with Crippen LogP contribution in [0.4, 0.5) is 0 Å². The number of ketones is 1. The van der Waals surface area contributed by atoms with Gasteiger partial charge in [0.1, 0.15) is 0 Å². The number of benzene rings is 5. The van der Waals surface area contributed by atoms with Crippen molar-refractivity contribution in [3.05, 3.63) is 133 Å². The summed E-state index contributed by atoms with van der Waals surface area (Å²) in [5.41, 5.74) is 4.21. The van der Waals surface area contributed by atoms with E-state index in [2.05, 4.69) is 108 Å². The summed E-state index contributed by atoms with van der Waals surface area (Å²) >= 11 is 0. The van der Waals surface area contributed by atoms with Gasteiger partial charge in [-0.05, 0) is 59.4 Å². The van der Waals surface area contributed by atoms with E-state index in [9.17, 15) is 9.90 Å². The van der Waals surface area contributed by atoms with Crippen LogP contribution in [0.5, 0.6) is 0 Å². The molecule has 0 fully saturated rings. The van der Waals surface area contributed by atoms with Gasteiger partial charge in [-0.3, -0.25) is 9.78 Å². The number of rotatable bonds is 8. The molecule has 251 valence electrons. The first-order valence-electron chi connectivity index (χ1n) is 17.2. The Labute approximate surface area is 302 Å². The molecule has 2 heterocycles. The van der Waals surface area contributed by atoms with E-state index < -0.39 is 0 Å². The molecule has 1 N–H and O–H groups in total. The number of allylic oxidation sites excluding steroid dienone is 2. The number of imidazole rings is 1. The van der Waals surface area contributed by atoms with E-state index in [-0.39, 0.29) is 43.5 Å². The summed E-state index contributed by atoms with van der Waals surface area (Å²) in [6, 6.07) is 44.0. The SMILES string of the molecule is CCC(CC)C(=O)/C=C(\O)C(CC)CC.[Ir].[c-]1ccccc1-c1nc2cccc3c4ccccc4c4ccccc4c4ccccc4n1c23. The Morgan fingerprint density at radius 3 is 1.76 bits per heavy atom. The van der Waals surface area contributed by atoms with Gasteiger partial charge in [0.15, 0.2) is 5.78 Å². The van der Waals surface area contributed by atoms with E-state index in [0.717, 1.165) is 53.6 Å². The fourth-order valence-electron chi connectivity index (χ4n) is 6.87. The summed E-state index contributed by atoms with van der Waals surface area (Å²) in [6.45, 7) is 8.07. The van der Waals surface area contributed by atoms with Crippen LogP contribution >= 0.6 is 0 Å². The molecule has 0 atom stereocenters. The quantitative estimate of drug-likeness (QED) is 0.0943. The van der Waals surface area contributed by atoms with Gasteiger partial charge in [-0.15, -0.1) is 35.9 Å². The molecule has 2 aromatic heterocycles. The zero-order valence-electron chi connectivity index (χ0n) is 28.6. The summed E-state index contributed by atoms with van der Waals surface area (Å²) in [7, 11) is 0. The van der Waals surface area contributed by atoms with Crippen LogP contribution < -0.4 is 0 Å². The summed E-state index contributed by atoms with van der Waals surface area (Å²) in [5, 5.41) is 17.0. The van der Waals surface area contributed by atoms with Crippen molar-refractivity contribution in [2.24, 2.45) is 11.8 Å². The van der Waals surface area contributed by atoms with Gasteiger partial charge in [0.05, 0.1) is 22.6 Å². The summed E-state index contributed by atoms with van der Waals surface area (Å²) in [6.07, 6.45) is 4.91. The maximum atomic E-state index is 11.7. The van der Waals surface area contributed by atoms with Gasteiger partial charge in [0.2, 0.25) is 0 Å². The van der Waals surface area contributed by atoms with Gasteiger partial charge in [-0.2, -0.15) is 0 Å². The maximum absolute atomic E-state index is 11.7. The zero-order valence-corrected chi connectivity index (χ0v) is 31.0. The predicted molar refractivity (Wildman–Crippen MR) is 202 cm³/mol. The number of aliphatic hydroxyl groups excluding tert-OH is 1. The molecule has 7 aromatic rings. The first kappa shape index (κ1) is 35.7. The Kier molecular flexibility index (Phi) is 11.8. The normalized spacial score (nSPS) is 11.7. The molecule has 0 aliphatic rings. The number of aliphatic hydroxyl groups is 1. The molecular formula is C44H43IrN2O2-. The van der Waals surface area contributed by atoms with Crippen molar-refractivity contribution in [2.75, 3.05) is 0 Å². The van der Waals surface area contributed by atoms with Crippen LogP contribution in [0.2, 0.25) is 0 Å². The van der Waals surface area contributed by atoms with Crippen LogP contribution in [0, 0.1) is 17.9 Å². The largest absolute Gasteiger partial charge is 0.512 e. The van der Waals surface area contributed by atoms with Crippen molar-refractivity contribution in [3.63, 3.8) is 0 Å². The molecule has 0 spiro atoms. The van der Waals surface area contributed by atoms with Gasteiger partial charge in [0, 0.05) is 54.3 Å². The predicted octanol–water partition coefficient (Wildman–Crippen LogP) is 11.8. The van der Waals surface area contributed by atoms with E-state index >= 15 is 0 Å². The van der Waals surface area contributed by atoms with Crippen LogP contribution in [0.15, 0.2) is 127 Å². The Balaban J connectivity index is 0.000000252. The third-order valence-electron chi connectivity index (χ3n) is 9.58. The van der Waals surface area contributed by atoms with Gasteiger partial charge < -0.3 is 9.51 Å². The van der Waals surface area contributed by atoms with E-state index in [1.807, 2.05) is 45.9 Å². The minimum absolute atomic E-state index is 0. The third kappa shape index (κ3) is 7.10. The fraction of sp³-hybridized carbons (Fsp3) is 0.227. The molecule has 0 aliphatic carbocycles. The van der Waals surface area contributed by atoms with Gasteiger partial charge >= 0.3 is 0 Å². The average molecular weight is 824 g/mol. The van der Waals surface area contributed by atoms with Crippen LogP contribution in [-0.2, 0) is 24.9 Å². The minimum atomic E-state index is 0. The molecule has 0 unspecified atom stereocenters. The number of carbonyl (C=O) groups is 1. The topological polar surface area (TPSA) is 54.6 Å². The molecule has 0 bridgehead atoms. The molecule has 0 amide bonds. The number of hydrogen-bond acceptors (Lipinski definition) is 3. The minimum Gasteiger partial charge on any atom is -0.512 e. The Hall–Kier alpha value is -4.57. The van der Waals surface area contributed by atoms with Crippen molar-refractivity contribution in [2.45, 2.75) is 53.4 Å². The van der Waals surface area contributed by atoms with Gasteiger partial charge in [0.25, 0.3) is 0 Å². The van der Waals surface area contributed by atoms with E-state index in [4.69, 9.17) is 4.98 Å². The second-order valence-corrected chi connectivity index (χ2v) is 12.3. The Morgan fingerprint density at radius 2 is 1.18 bits per heavy atom. The van der Waals surface area contributed by atoms with Crippen molar-refractivity contribution in [1.29, 1.82) is 0 Å². The van der Waals surface area contributed by atoms with E-state index in [1.165, 1.54) is 38.4 Å². The molecule has 5 heteroatoms. The van der Waals surface area contributed by atoms with Crippen molar-refractivity contribution in [1.82, 2.24) is 9.38 Å².